The van der Waals surface area contributed by atoms with Crippen LogP contribution in [0.2, 0.25) is 0 Å². The molecule has 2 aromatic carbocycles. The first-order chi connectivity index (χ1) is 21.5. The van der Waals surface area contributed by atoms with Crippen molar-refractivity contribution in [1.82, 2.24) is 5.32 Å². The molecule has 5 saturated carbocycles. The smallest absolute Gasteiger partial charge is 0.419 e. The molecule has 10 heteroatoms. The molecule has 0 spiro atoms. The number of nitrogens with one attached hydrogen (secondary N) is 2. The highest BCUT2D eigenvalue weighted by atomic mass is 19.4. The molecule has 3 N–H and O–H groups in total. The van der Waals surface area contributed by atoms with Gasteiger partial charge < -0.3 is 20.5 Å². The van der Waals surface area contributed by atoms with Crippen molar-refractivity contribution < 1.29 is 37.0 Å². The number of carbonyl (C=O) groups excluding carboxylic acids is 2. The number of amides is 2. The quantitative estimate of drug-likeness (QED) is 0.225. The molecule has 2 amide bonds. The molecule has 7 rings (SSSR count). The third-order valence-electron chi connectivity index (χ3n) is 11.2. The summed E-state index contributed by atoms with van der Waals surface area (Å²) in [5, 5.41) is 15.4. The Morgan fingerprint density at radius 2 is 1.78 bits per heavy atom. The van der Waals surface area contributed by atoms with Crippen LogP contribution in [-0.2, 0) is 11.0 Å². The zero-order chi connectivity index (χ0) is 31.6. The lowest BCUT2D eigenvalue weighted by atomic mass is 9.64. The first kappa shape index (κ1) is 30.3. The van der Waals surface area contributed by atoms with Crippen LogP contribution in [0.4, 0.5) is 23.2 Å². The minimum atomic E-state index is -4.90. The van der Waals surface area contributed by atoms with E-state index in [1.165, 1.54) is 7.11 Å². The Labute approximate surface area is 259 Å². The molecule has 4 unspecified atom stereocenters. The number of methoxy groups -OCH3 is 1. The summed E-state index contributed by atoms with van der Waals surface area (Å²) >= 11 is 0. The predicted octanol–water partition coefficient (Wildman–Crippen LogP) is 6.70. The van der Waals surface area contributed by atoms with Crippen LogP contribution in [0.5, 0.6) is 5.75 Å². The van der Waals surface area contributed by atoms with Crippen molar-refractivity contribution in [2.75, 3.05) is 19.0 Å². The second-order valence-corrected chi connectivity index (χ2v) is 13.7. The van der Waals surface area contributed by atoms with Gasteiger partial charge in [0.15, 0.2) is 0 Å². The maximum absolute atomic E-state index is 14.0. The molecule has 0 radical (unpaired) electrons. The number of allylic oxidation sites excluding steroid dienone is 1. The van der Waals surface area contributed by atoms with Crippen LogP contribution >= 0.6 is 0 Å². The second-order valence-electron chi connectivity index (χ2n) is 13.7. The summed E-state index contributed by atoms with van der Waals surface area (Å²) in [4.78, 5) is 27.8. The van der Waals surface area contributed by atoms with Crippen LogP contribution in [0.15, 0.2) is 48.0 Å². The molecule has 240 valence electrons. The van der Waals surface area contributed by atoms with E-state index in [-0.39, 0.29) is 30.0 Å². The van der Waals surface area contributed by atoms with Crippen molar-refractivity contribution in [1.29, 1.82) is 0 Å². The average molecular weight is 627 g/mol. The van der Waals surface area contributed by atoms with Gasteiger partial charge in [0.2, 0.25) is 5.91 Å². The van der Waals surface area contributed by atoms with Gasteiger partial charge in [-0.3, -0.25) is 9.59 Å². The lowest BCUT2D eigenvalue weighted by Crippen LogP contribution is -2.48. The fourth-order valence-electron chi connectivity index (χ4n) is 8.85. The molecule has 2 aromatic rings. The number of fused-ring (bicyclic) bond motifs is 3. The number of anilines is 1. The van der Waals surface area contributed by atoms with Gasteiger partial charge in [0, 0.05) is 24.3 Å². The van der Waals surface area contributed by atoms with E-state index in [0.29, 0.717) is 53.0 Å². The van der Waals surface area contributed by atoms with Gasteiger partial charge in [-0.15, -0.1) is 0 Å². The van der Waals surface area contributed by atoms with E-state index >= 15 is 0 Å². The summed E-state index contributed by atoms with van der Waals surface area (Å²) in [5.41, 5.74) is 1.02. The van der Waals surface area contributed by atoms with Gasteiger partial charge in [-0.25, -0.2) is 4.39 Å². The number of hydrogen-bond acceptors (Lipinski definition) is 4. The van der Waals surface area contributed by atoms with Crippen LogP contribution in [0, 0.1) is 47.2 Å². The van der Waals surface area contributed by atoms with Gasteiger partial charge in [-0.2, -0.15) is 13.2 Å². The van der Waals surface area contributed by atoms with Gasteiger partial charge in [-0.1, -0.05) is 17.7 Å². The Kier molecular flexibility index (Phi) is 7.69. The Balaban J connectivity index is 1.15. The maximum atomic E-state index is 14.0. The van der Waals surface area contributed by atoms with E-state index in [9.17, 15) is 32.3 Å². The highest BCUT2D eigenvalue weighted by molar-refractivity contribution is 5.99. The predicted molar refractivity (Wildman–Crippen MR) is 159 cm³/mol. The SMILES string of the molecule is COc1ccc(C2CC3CC(CO)CC32)cc1C(=O)N[C@H]1[C@@H](C(=O)Nc2ccc(F)c(C(F)(F)F)c2)[C@H]2CC[C@@H]1/C2=C\C1CC1. The van der Waals surface area contributed by atoms with Crippen LogP contribution < -0.4 is 15.4 Å². The van der Waals surface area contributed by atoms with Crippen molar-refractivity contribution in [2.24, 2.45) is 41.4 Å². The highest BCUT2D eigenvalue weighted by Gasteiger charge is 2.55. The van der Waals surface area contributed by atoms with Crippen LogP contribution in [-0.4, -0.2) is 36.7 Å². The van der Waals surface area contributed by atoms with E-state index in [1.54, 1.807) is 0 Å². The summed E-state index contributed by atoms with van der Waals surface area (Å²) in [6, 6.07) is 7.60. The minimum Gasteiger partial charge on any atom is -0.496 e. The molecule has 0 aliphatic heterocycles. The summed E-state index contributed by atoms with van der Waals surface area (Å²) in [6.07, 6.45) is 4.11. The van der Waals surface area contributed by atoms with Crippen molar-refractivity contribution >= 4 is 17.5 Å². The Bertz CT molecular complexity index is 1540. The molecular formula is C35H38F4N2O4. The van der Waals surface area contributed by atoms with Gasteiger partial charge in [0.05, 0.1) is 24.2 Å². The first-order valence-corrected chi connectivity index (χ1v) is 16.0. The molecule has 8 atom stereocenters. The number of benzene rings is 2. The molecule has 5 aliphatic carbocycles. The van der Waals surface area contributed by atoms with Gasteiger partial charge in [0.1, 0.15) is 11.6 Å². The normalized spacial score (nSPS) is 32.7. The van der Waals surface area contributed by atoms with Crippen LogP contribution in [0.3, 0.4) is 0 Å². The average Bonchev–Trinajstić information content (AvgIpc) is 3.57. The zero-order valence-electron chi connectivity index (χ0n) is 25.1. The number of hydrogen-bond donors (Lipinski definition) is 3. The number of alkyl halides is 3. The van der Waals surface area contributed by atoms with Crippen LogP contribution in [0.25, 0.3) is 0 Å². The standard InChI is InChI=1S/C35H38F4N2O4/c1-45-30-9-4-19(25-14-20-10-18(16-42)12-24(20)25)13-27(30)33(43)41-32-23-7-6-22(26(23)11-17-2-3-17)31(32)34(44)40-21-5-8-29(36)28(15-21)35(37,38)39/h4-5,8-9,11,13,15,17-18,20,22-25,31-32,42H,2-3,6-7,10,12,14,16H2,1H3,(H,40,44)(H,41,43)/b26-11-/t18?,20?,22-,23+,24?,25?,31-,32+/m0/s1. The number of aliphatic hydroxyl groups excluding tert-OH is 1. The Morgan fingerprint density at radius 1 is 1.00 bits per heavy atom. The third kappa shape index (κ3) is 5.53. The van der Waals surface area contributed by atoms with Gasteiger partial charge in [-0.05, 0) is 116 Å². The molecule has 0 saturated heterocycles. The third-order valence-corrected chi connectivity index (χ3v) is 11.2. The Morgan fingerprint density at radius 3 is 2.49 bits per heavy atom. The molecule has 45 heavy (non-hydrogen) atoms. The topological polar surface area (TPSA) is 87.7 Å². The largest absolute Gasteiger partial charge is 0.496 e. The molecular weight excluding hydrogens is 588 g/mol. The number of aliphatic hydroxyl groups is 1. The zero-order valence-corrected chi connectivity index (χ0v) is 25.1. The summed E-state index contributed by atoms with van der Waals surface area (Å²) in [7, 11) is 1.51. The molecule has 2 bridgehead atoms. The molecule has 0 heterocycles. The monoisotopic (exact) mass is 626 g/mol. The lowest BCUT2D eigenvalue weighted by Gasteiger charge is -2.41. The van der Waals surface area contributed by atoms with Crippen LogP contribution in [0.1, 0.15) is 72.3 Å². The number of carbonyl (C=O) groups is 2. The van der Waals surface area contributed by atoms with Crippen molar-refractivity contribution in [2.45, 2.75) is 63.1 Å². The minimum absolute atomic E-state index is 0.0512. The molecule has 0 aromatic heterocycles. The summed E-state index contributed by atoms with van der Waals surface area (Å²) < 4.78 is 59.6. The van der Waals surface area contributed by atoms with E-state index in [4.69, 9.17) is 4.74 Å². The fraction of sp³-hybridized carbons (Fsp3) is 0.543. The number of ether oxygens (including phenoxy) is 1. The molecule has 5 fully saturated rings. The van der Waals surface area contributed by atoms with E-state index in [0.717, 1.165) is 62.1 Å². The second kappa shape index (κ2) is 11.4. The number of halogens is 4. The number of rotatable bonds is 8. The summed E-state index contributed by atoms with van der Waals surface area (Å²) in [6.45, 7) is 0.204. The van der Waals surface area contributed by atoms with E-state index < -0.39 is 35.4 Å². The van der Waals surface area contributed by atoms with Crippen molar-refractivity contribution in [3.8, 4) is 5.75 Å². The van der Waals surface area contributed by atoms with E-state index in [2.05, 4.69) is 16.7 Å². The fourth-order valence-corrected chi connectivity index (χ4v) is 8.85. The first-order valence-electron chi connectivity index (χ1n) is 16.0. The van der Waals surface area contributed by atoms with Gasteiger partial charge >= 0.3 is 6.18 Å². The highest BCUT2D eigenvalue weighted by Crippen LogP contribution is 2.58. The van der Waals surface area contributed by atoms with Crippen molar-refractivity contribution in [3.05, 3.63) is 70.6 Å². The lowest BCUT2D eigenvalue weighted by molar-refractivity contribution is -0.140. The van der Waals surface area contributed by atoms with Crippen molar-refractivity contribution in [3.63, 3.8) is 0 Å². The Hall–Kier alpha value is -3.40. The van der Waals surface area contributed by atoms with E-state index in [1.807, 2.05) is 18.2 Å². The summed E-state index contributed by atoms with van der Waals surface area (Å²) in [5.74, 6) is -0.504. The molecule has 6 nitrogen and oxygen atoms in total. The maximum Gasteiger partial charge on any atom is 0.419 e. The van der Waals surface area contributed by atoms with Gasteiger partial charge in [0.25, 0.3) is 5.91 Å². The molecule has 5 aliphatic rings.